The van der Waals surface area contributed by atoms with Gasteiger partial charge in [0.2, 0.25) is 0 Å². The molecule has 0 aliphatic heterocycles. The predicted octanol–water partition coefficient (Wildman–Crippen LogP) is 4.53. The van der Waals surface area contributed by atoms with Crippen LogP contribution in [0.3, 0.4) is 0 Å². The van der Waals surface area contributed by atoms with Gasteiger partial charge in [-0.05, 0) is 36.1 Å². The normalized spacial score (nSPS) is 12.5. The third kappa shape index (κ3) is 2.71. The Hall–Kier alpha value is -2.08. The highest BCUT2D eigenvalue weighted by molar-refractivity contribution is 7.16. The molecule has 0 bridgehead atoms. The Balaban J connectivity index is 1.98. The number of nitrogens with zero attached hydrogens (tertiary/aromatic N) is 2. The van der Waals surface area contributed by atoms with Crippen molar-refractivity contribution < 1.29 is 8.78 Å². The van der Waals surface area contributed by atoms with Gasteiger partial charge in [0.05, 0.1) is 11.4 Å². The van der Waals surface area contributed by atoms with E-state index in [1.165, 1.54) is 23.7 Å². The van der Waals surface area contributed by atoms with E-state index in [9.17, 15) is 8.78 Å². The van der Waals surface area contributed by atoms with Gasteiger partial charge in [0.15, 0.2) is 0 Å². The molecule has 3 aromatic rings. The second-order valence-corrected chi connectivity index (χ2v) is 5.53. The number of aromatic nitrogens is 2. The summed E-state index contributed by atoms with van der Waals surface area (Å²) in [7, 11) is 0. The Kier molecular flexibility index (Phi) is 3.79. The van der Waals surface area contributed by atoms with Gasteiger partial charge in [-0.15, -0.1) is 11.3 Å². The Morgan fingerprint density at radius 3 is 2.90 bits per heavy atom. The van der Waals surface area contributed by atoms with Gasteiger partial charge in [0.25, 0.3) is 0 Å². The fourth-order valence-electron chi connectivity index (χ4n) is 2.25. The lowest BCUT2D eigenvalue weighted by atomic mass is 10.0. The van der Waals surface area contributed by atoms with E-state index in [1.807, 2.05) is 18.4 Å². The van der Waals surface area contributed by atoms with Crippen molar-refractivity contribution in [2.75, 3.05) is 5.32 Å². The van der Waals surface area contributed by atoms with Gasteiger partial charge in [-0.3, -0.25) is 0 Å². The van der Waals surface area contributed by atoms with E-state index in [0.29, 0.717) is 17.8 Å². The Morgan fingerprint density at radius 2 is 2.10 bits per heavy atom. The zero-order valence-electron chi connectivity index (χ0n) is 11.3. The van der Waals surface area contributed by atoms with Gasteiger partial charge in [-0.2, -0.15) is 0 Å². The van der Waals surface area contributed by atoms with Gasteiger partial charge in [-0.25, -0.2) is 18.7 Å². The summed E-state index contributed by atoms with van der Waals surface area (Å²) < 4.78 is 27.3. The van der Waals surface area contributed by atoms with Crippen molar-refractivity contribution in [2.45, 2.75) is 19.4 Å². The molecule has 6 heteroatoms. The van der Waals surface area contributed by atoms with E-state index in [2.05, 4.69) is 15.3 Å². The topological polar surface area (TPSA) is 37.8 Å². The first-order chi connectivity index (χ1) is 10.2. The predicted molar refractivity (Wildman–Crippen MR) is 80.4 cm³/mol. The van der Waals surface area contributed by atoms with E-state index < -0.39 is 11.6 Å². The SMILES string of the molecule is CCC(Nc1ncnc2sccc12)c1cc(F)ccc1F. The summed E-state index contributed by atoms with van der Waals surface area (Å²) in [4.78, 5) is 9.25. The van der Waals surface area contributed by atoms with Crippen LogP contribution in [-0.4, -0.2) is 9.97 Å². The van der Waals surface area contributed by atoms with E-state index in [-0.39, 0.29) is 6.04 Å². The largest absolute Gasteiger partial charge is 0.363 e. The van der Waals surface area contributed by atoms with Crippen LogP contribution in [0.2, 0.25) is 0 Å². The average molecular weight is 305 g/mol. The van der Waals surface area contributed by atoms with Crippen molar-refractivity contribution in [1.29, 1.82) is 0 Å². The molecule has 1 N–H and O–H groups in total. The number of halogens is 2. The van der Waals surface area contributed by atoms with Crippen molar-refractivity contribution in [3.05, 3.63) is 53.2 Å². The second kappa shape index (κ2) is 5.73. The number of thiophene rings is 1. The minimum absolute atomic E-state index is 0.305. The van der Waals surface area contributed by atoms with E-state index in [0.717, 1.165) is 22.3 Å². The summed E-state index contributed by atoms with van der Waals surface area (Å²) in [6, 6.07) is 5.06. The smallest absolute Gasteiger partial charge is 0.138 e. The molecule has 21 heavy (non-hydrogen) atoms. The molecule has 0 radical (unpaired) electrons. The second-order valence-electron chi connectivity index (χ2n) is 4.63. The first-order valence-corrected chi connectivity index (χ1v) is 7.46. The van der Waals surface area contributed by atoms with Crippen LogP contribution in [0.4, 0.5) is 14.6 Å². The fourth-order valence-corrected chi connectivity index (χ4v) is 2.98. The lowest BCUT2D eigenvalue weighted by molar-refractivity contribution is 0.566. The third-order valence-electron chi connectivity index (χ3n) is 3.31. The molecule has 0 spiro atoms. The number of hydrogen-bond acceptors (Lipinski definition) is 4. The van der Waals surface area contributed by atoms with Crippen molar-refractivity contribution in [3.8, 4) is 0 Å². The molecular weight excluding hydrogens is 292 g/mol. The van der Waals surface area contributed by atoms with Gasteiger partial charge < -0.3 is 5.32 Å². The Labute approximate surface area is 124 Å². The first-order valence-electron chi connectivity index (χ1n) is 6.58. The summed E-state index contributed by atoms with van der Waals surface area (Å²) >= 11 is 1.51. The van der Waals surface area contributed by atoms with Crippen molar-refractivity contribution >= 4 is 27.4 Å². The molecule has 0 amide bonds. The first kappa shape index (κ1) is 13.9. The average Bonchev–Trinajstić information content (AvgIpc) is 2.97. The lowest BCUT2D eigenvalue weighted by Crippen LogP contribution is -2.13. The number of hydrogen-bond donors (Lipinski definition) is 1. The summed E-state index contributed by atoms with van der Waals surface area (Å²) in [6.07, 6.45) is 2.08. The molecule has 3 nitrogen and oxygen atoms in total. The van der Waals surface area contributed by atoms with Crippen LogP contribution in [0.5, 0.6) is 0 Å². The van der Waals surface area contributed by atoms with Crippen molar-refractivity contribution in [2.24, 2.45) is 0 Å². The number of nitrogens with one attached hydrogen (secondary N) is 1. The van der Waals surface area contributed by atoms with Crippen LogP contribution < -0.4 is 5.32 Å². The zero-order valence-corrected chi connectivity index (χ0v) is 12.1. The maximum Gasteiger partial charge on any atom is 0.138 e. The maximum absolute atomic E-state index is 13.9. The van der Waals surface area contributed by atoms with Crippen LogP contribution in [-0.2, 0) is 0 Å². The van der Waals surface area contributed by atoms with Crippen LogP contribution in [0.25, 0.3) is 10.2 Å². The highest BCUT2D eigenvalue weighted by atomic mass is 32.1. The third-order valence-corrected chi connectivity index (χ3v) is 4.14. The molecule has 1 atom stereocenters. The quantitative estimate of drug-likeness (QED) is 0.769. The molecule has 108 valence electrons. The molecular formula is C15H13F2N3S. The van der Waals surface area contributed by atoms with Crippen molar-refractivity contribution in [3.63, 3.8) is 0 Å². The molecule has 2 aromatic heterocycles. The molecule has 2 heterocycles. The van der Waals surface area contributed by atoms with Crippen LogP contribution in [0, 0.1) is 11.6 Å². The molecule has 0 aliphatic carbocycles. The van der Waals surface area contributed by atoms with E-state index >= 15 is 0 Å². The molecule has 0 fully saturated rings. The summed E-state index contributed by atoms with van der Waals surface area (Å²) in [5.74, 6) is -0.238. The molecule has 0 aliphatic rings. The fraction of sp³-hybridized carbons (Fsp3) is 0.200. The van der Waals surface area contributed by atoms with Gasteiger partial charge in [0.1, 0.15) is 28.6 Å². The number of fused-ring (bicyclic) bond motifs is 1. The van der Waals surface area contributed by atoms with Gasteiger partial charge in [-0.1, -0.05) is 6.92 Å². The molecule has 0 saturated heterocycles. The minimum Gasteiger partial charge on any atom is -0.363 e. The van der Waals surface area contributed by atoms with E-state index in [4.69, 9.17) is 0 Å². The maximum atomic E-state index is 13.9. The van der Waals surface area contributed by atoms with E-state index in [1.54, 1.807) is 0 Å². The Morgan fingerprint density at radius 1 is 1.24 bits per heavy atom. The summed E-state index contributed by atoms with van der Waals surface area (Å²) in [5.41, 5.74) is 0.305. The molecule has 1 unspecified atom stereocenters. The Bertz CT molecular complexity index is 772. The van der Waals surface area contributed by atoms with Crippen LogP contribution in [0.15, 0.2) is 36.0 Å². The zero-order chi connectivity index (χ0) is 14.8. The highest BCUT2D eigenvalue weighted by Gasteiger charge is 2.17. The van der Waals surface area contributed by atoms with Gasteiger partial charge in [0, 0.05) is 5.56 Å². The molecule has 0 saturated carbocycles. The molecule has 1 aromatic carbocycles. The van der Waals surface area contributed by atoms with Crippen molar-refractivity contribution in [1.82, 2.24) is 9.97 Å². The monoisotopic (exact) mass is 305 g/mol. The van der Waals surface area contributed by atoms with Crippen LogP contribution >= 0.6 is 11.3 Å². The standard InChI is InChI=1S/C15H13F2N3S/c1-2-13(11-7-9(16)3-4-12(11)17)20-14-10-5-6-21-15(10)19-8-18-14/h3-8,13H,2H2,1H3,(H,18,19,20). The van der Waals surface area contributed by atoms with Gasteiger partial charge >= 0.3 is 0 Å². The van der Waals surface area contributed by atoms with Crippen LogP contribution in [0.1, 0.15) is 24.9 Å². The summed E-state index contributed by atoms with van der Waals surface area (Å²) in [5, 5.41) is 6.00. The number of benzene rings is 1. The highest BCUT2D eigenvalue weighted by Crippen LogP contribution is 2.29. The molecule has 3 rings (SSSR count). The minimum atomic E-state index is -0.449. The number of anilines is 1. The summed E-state index contributed by atoms with van der Waals surface area (Å²) in [6.45, 7) is 1.91. The lowest BCUT2D eigenvalue weighted by Gasteiger charge is -2.19. The number of rotatable bonds is 4.